The van der Waals surface area contributed by atoms with Crippen LogP contribution < -0.4 is 20.6 Å². The number of pyridine rings is 1. The lowest BCUT2D eigenvalue weighted by molar-refractivity contribution is -0.135. The Hall–Kier alpha value is -7.01. The first-order chi connectivity index (χ1) is 37.7. The number of hydrogen-bond acceptors (Lipinski definition) is 13. The standard InChI is InChI=1S/C59H66F2N10O7/c1-4-41-44(60)12-10-38-8-5-9-42(49(38)41)51-50(61)52-43(31-62-51)53(69-24-6-21-58(2,76)34-69)65-55(64-52)78-35-59-22-7-25-70(59)40(16-23-59)33-77-57(75)68-28-17-36(18-29-68)32-67-26-19-37(20-27-67)39-11-13-45-47(30-39)66(3)56(74)71(45)46-14-15-48(72)63-54(46)73/h1,5,8-13,30-31,36-37,40,46,76H,6-7,14-29,32-35H2,2-3H3,(H,63,72,73)/t40-,46?,58+,59+/m0/s1. The van der Waals surface area contributed by atoms with Crippen LogP contribution in [0.25, 0.3) is 44.0 Å². The lowest BCUT2D eigenvalue weighted by atomic mass is 9.88. The van der Waals surface area contributed by atoms with Gasteiger partial charge in [-0.15, -0.1) is 6.42 Å². The fraction of sp³-hybridized carbons (Fsp3) is 0.508. The number of likely N-dealkylation sites (tertiary alicyclic amines) is 2. The quantitative estimate of drug-likeness (QED) is 0.0985. The van der Waals surface area contributed by atoms with Gasteiger partial charge in [-0.05, 0) is 138 Å². The van der Waals surface area contributed by atoms with Crippen molar-refractivity contribution in [1.82, 2.24) is 44.1 Å². The van der Waals surface area contributed by atoms with Gasteiger partial charge in [0.05, 0.1) is 33.1 Å². The summed E-state index contributed by atoms with van der Waals surface area (Å²) in [4.78, 5) is 74.3. The number of β-amino-alcohol motifs (C(OH)–C–C–N with tert-alkyl or cyclic N) is 1. The predicted molar refractivity (Wildman–Crippen MR) is 290 cm³/mol. The maximum Gasteiger partial charge on any atom is 0.409 e. The third-order valence-corrected chi connectivity index (χ3v) is 18.0. The average Bonchev–Trinajstić information content (AvgIpc) is 4.27. The van der Waals surface area contributed by atoms with E-state index >= 15 is 8.78 Å². The topological polar surface area (TPSA) is 180 Å². The van der Waals surface area contributed by atoms with Crippen molar-refractivity contribution >= 4 is 56.4 Å². The summed E-state index contributed by atoms with van der Waals surface area (Å²) in [6.07, 6.45) is 16.1. The Kier molecular flexibility index (Phi) is 13.7. The van der Waals surface area contributed by atoms with Gasteiger partial charge in [-0.2, -0.15) is 9.97 Å². The molecule has 6 saturated heterocycles. The molecule has 17 nitrogen and oxygen atoms in total. The fourth-order valence-corrected chi connectivity index (χ4v) is 13.8. The van der Waals surface area contributed by atoms with Crippen LogP contribution in [0.1, 0.15) is 107 Å². The Morgan fingerprint density at radius 3 is 2.51 bits per heavy atom. The third-order valence-electron chi connectivity index (χ3n) is 18.0. The first-order valence-electron chi connectivity index (χ1n) is 27.8. The maximum atomic E-state index is 17.2. The molecule has 408 valence electrons. The molecule has 0 saturated carbocycles. The number of aryl methyl sites for hydroxylation is 1. The number of nitrogens with zero attached hydrogens (tertiary/aromatic N) is 9. The van der Waals surface area contributed by atoms with E-state index in [0.29, 0.717) is 83.8 Å². The molecule has 9 heterocycles. The van der Waals surface area contributed by atoms with Crippen molar-refractivity contribution in [2.45, 2.75) is 113 Å². The molecule has 1 unspecified atom stereocenters. The highest BCUT2D eigenvalue weighted by Gasteiger charge is 2.50. The molecular weight excluding hydrogens is 999 g/mol. The molecule has 3 amide bonds. The number of imidazole rings is 1. The third kappa shape index (κ3) is 9.52. The van der Waals surface area contributed by atoms with Crippen molar-refractivity contribution in [1.29, 1.82) is 0 Å². The molecule has 0 aliphatic carbocycles. The van der Waals surface area contributed by atoms with Gasteiger partial charge in [0.2, 0.25) is 11.8 Å². The molecule has 19 heteroatoms. The second-order valence-corrected chi connectivity index (χ2v) is 23.0. The fourth-order valence-electron chi connectivity index (χ4n) is 13.8. The minimum atomic E-state index is -0.992. The minimum Gasteiger partial charge on any atom is -0.461 e. The van der Waals surface area contributed by atoms with Crippen molar-refractivity contribution in [3.8, 4) is 29.6 Å². The van der Waals surface area contributed by atoms with Crippen LogP contribution in [0.15, 0.2) is 59.5 Å². The first-order valence-corrected chi connectivity index (χ1v) is 27.8. The van der Waals surface area contributed by atoms with Crippen LogP contribution in [0.3, 0.4) is 0 Å². The van der Waals surface area contributed by atoms with Crippen LogP contribution >= 0.6 is 0 Å². The van der Waals surface area contributed by atoms with Gasteiger partial charge in [-0.25, -0.2) is 18.4 Å². The van der Waals surface area contributed by atoms with E-state index in [1.54, 1.807) is 42.8 Å². The monoisotopic (exact) mass is 1060 g/mol. The zero-order valence-electron chi connectivity index (χ0n) is 44.3. The van der Waals surface area contributed by atoms with Crippen molar-refractivity contribution in [3.63, 3.8) is 0 Å². The number of terminal acetylenes is 1. The number of hydrogen-bond donors (Lipinski definition) is 2. The number of carbonyl (C=O) groups excluding carboxylic acids is 3. The van der Waals surface area contributed by atoms with E-state index in [1.165, 1.54) is 22.4 Å². The number of aromatic nitrogens is 5. The SMILES string of the molecule is C#Cc1c(F)ccc2cccc(-c3ncc4c(N5CCC[C@@](C)(O)C5)nc(OC[C@]56CCCN5[C@H](COC(=O)N5CCC(CN7CCC(c8ccc9c(c8)n(C)c(=O)n9C8CCC(=O)NC8=O)CC7)CC5)CC6)nc4c3F)c12. The predicted octanol–water partition coefficient (Wildman–Crippen LogP) is 7.19. The molecule has 4 atom stereocenters. The number of halogens is 2. The Morgan fingerprint density at radius 2 is 1.73 bits per heavy atom. The highest BCUT2D eigenvalue weighted by Crippen LogP contribution is 2.44. The summed E-state index contributed by atoms with van der Waals surface area (Å²) in [6.45, 7) is 8.20. The zero-order chi connectivity index (χ0) is 54.0. The maximum absolute atomic E-state index is 17.2. The number of piperidine rings is 4. The van der Waals surface area contributed by atoms with Gasteiger partial charge in [0.25, 0.3) is 0 Å². The normalized spacial score (nSPS) is 24.8. The number of fused-ring (bicyclic) bond motifs is 4. The molecule has 2 N–H and O–H groups in total. The smallest absolute Gasteiger partial charge is 0.409 e. The van der Waals surface area contributed by atoms with Gasteiger partial charge >= 0.3 is 17.8 Å². The summed E-state index contributed by atoms with van der Waals surface area (Å²) in [5.74, 6) is 1.63. The van der Waals surface area contributed by atoms with Crippen molar-refractivity contribution in [2.24, 2.45) is 13.0 Å². The van der Waals surface area contributed by atoms with Crippen molar-refractivity contribution in [3.05, 3.63) is 88.0 Å². The molecule has 3 aromatic heterocycles. The van der Waals surface area contributed by atoms with Crippen molar-refractivity contribution in [2.75, 3.05) is 70.5 Å². The van der Waals surface area contributed by atoms with Crippen LogP contribution in [0, 0.1) is 29.9 Å². The summed E-state index contributed by atoms with van der Waals surface area (Å²) in [5.41, 5.74) is 1.39. The number of amides is 3. The van der Waals surface area contributed by atoms with E-state index in [9.17, 15) is 24.3 Å². The molecule has 6 aliphatic rings. The van der Waals surface area contributed by atoms with E-state index in [0.717, 1.165) is 83.1 Å². The number of anilines is 1. The molecule has 0 spiro atoms. The van der Waals surface area contributed by atoms with Gasteiger partial charge < -0.3 is 29.3 Å². The Morgan fingerprint density at radius 1 is 0.923 bits per heavy atom. The number of carbonyl (C=O) groups is 3. The average molecular weight is 1070 g/mol. The number of ether oxygens (including phenoxy) is 2. The van der Waals surface area contributed by atoms with Crippen molar-refractivity contribution < 1.29 is 37.7 Å². The minimum absolute atomic E-state index is 0.00153. The zero-order valence-corrected chi connectivity index (χ0v) is 44.3. The number of nitrogens with one attached hydrogen (secondary N) is 1. The molecule has 6 aromatic rings. The number of imide groups is 1. The lowest BCUT2D eigenvalue weighted by Gasteiger charge is -2.38. The molecule has 6 aliphatic heterocycles. The molecule has 3 aromatic carbocycles. The molecule has 12 rings (SSSR count). The van der Waals surface area contributed by atoms with Crippen LogP contribution in [0.2, 0.25) is 0 Å². The summed E-state index contributed by atoms with van der Waals surface area (Å²) < 4.78 is 48.0. The van der Waals surface area contributed by atoms with E-state index in [2.05, 4.69) is 38.2 Å². The summed E-state index contributed by atoms with van der Waals surface area (Å²) in [6, 6.07) is 13.6. The molecule has 6 fully saturated rings. The summed E-state index contributed by atoms with van der Waals surface area (Å²) >= 11 is 0. The number of rotatable bonds is 11. The number of benzene rings is 3. The Balaban J connectivity index is 0.659. The van der Waals surface area contributed by atoms with Crippen LogP contribution in [0.5, 0.6) is 6.01 Å². The Bertz CT molecular complexity index is 3470. The first kappa shape index (κ1) is 51.7. The van der Waals surface area contributed by atoms with Gasteiger partial charge in [-0.3, -0.25) is 33.9 Å². The summed E-state index contributed by atoms with van der Waals surface area (Å²) in [5, 5.41) is 14.9. The van der Waals surface area contributed by atoms with Gasteiger partial charge in [0, 0.05) is 69.4 Å². The van der Waals surface area contributed by atoms with Gasteiger partial charge in [-0.1, -0.05) is 36.3 Å². The van der Waals surface area contributed by atoms with E-state index in [4.69, 9.17) is 25.9 Å². The largest absolute Gasteiger partial charge is 0.461 e. The molecule has 0 bridgehead atoms. The molecule has 78 heavy (non-hydrogen) atoms. The van der Waals surface area contributed by atoms with E-state index in [1.807, 2.05) is 15.9 Å². The van der Waals surface area contributed by atoms with Crippen LogP contribution in [-0.2, 0) is 21.4 Å². The van der Waals surface area contributed by atoms with Gasteiger partial charge in [0.1, 0.15) is 42.1 Å². The Labute approximate surface area is 450 Å². The molecular formula is C59H66F2N10O7. The second kappa shape index (κ2) is 20.7. The lowest BCUT2D eigenvalue weighted by Crippen LogP contribution is -2.49. The van der Waals surface area contributed by atoms with E-state index < -0.39 is 29.2 Å². The van der Waals surface area contributed by atoms with Crippen LogP contribution in [-0.4, -0.2) is 145 Å². The highest BCUT2D eigenvalue weighted by atomic mass is 19.1. The molecule has 0 radical (unpaired) electrons. The van der Waals surface area contributed by atoms with Gasteiger partial charge in [0.15, 0.2) is 5.82 Å². The van der Waals surface area contributed by atoms with E-state index in [-0.39, 0.29) is 78.2 Å². The summed E-state index contributed by atoms with van der Waals surface area (Å²) in [7, 11) is 1.73. The second-order valence-electron chi connectivity index (χ2n) is 23.0. The highest BCUT2D eigenvalue weighted by molar-refractivity contribution is 6.02. The number of aliphatic hydroxyl groups is 1. The van der Waals surface area contributed by atoms with Crippen LogP contribution in [0.4, 0.5) is 19.4 Å².